The average molecular weight is 594 g/mol. The number of hydrogen-bond acceptors (Lipinski definition) is 8. The molecular formula is C32H32FN9O2. The monoisotopic (exact) mass is 593 g/mol. The normalized spacial score (nSPS) is 11.6. The molecule has 0 spiro atoms. The van der Waals surface area contributed by atoms with Gasteiger partial charge in [-0.1, -0.05) is 13.8 Å². The number of imidazole rings is 1. The summed E-state index contributed by atoms with van der Waals surface area (Å²) < 4.78 is 20.4. The van der Waals surface area contributed by atoms with Gasteiger partial charge in [0.05, 0.1) is 46.5 Å². The zero-order chi connectivity index (χ0) is 30.8. The van der Waals surface area contributed by atoms with E-state index in [1.54, 1.807) is 37.1 Å². The van der Waals surface area contributed by atoms with Crippen LogP contribution in [0.15, 0.2) is 61.3 Å². The van der Waals surface area contributed by atoms with Gasteiger partial charge in [-0.2, -0.15) is 5.10 Å². The van der Waals surface area contributed by atoms with Gasteiger partial charge in [-0.3, -0.25) is 24.8 Å². The molecule has 5 aromatic heterocycles. The fourth-order valence-corrected chi connectivity index (χ4v) is 4.89. The summed E-state index contributed by atoms with van der Waals surface area (Å²) in [5.41, 5.74) is 5.88. The van der Waals surface area contributed by atoms with Crippen molar-refractivity contribution in [2.45, 2.75) is 20.3 Å². The Hall–Kier alpha value is -5.23. The number of ether oxygens (including phenoxy) is 1. The Morgan fingerprint density at radius 2 is 1.84 bits per heavy atom. The summed E-state index contributed by atoms with van der Waals surface area (Å²) in [7, 11) is 3.90. The number of rotatable bonds is 10. The highest BCUT2D eigenvalue weighted by molar-refractivity contribution is 5.97. The number of aromatic nitrogens is 7. The van der Waals surface area contributed by atoms with E-state index in [9.17, 15) is 9.18 Å². The van der Waals surface area contributed by atoms with Gasteiger partial charge in [-0.25, -0.2) is 9.37 Å². The number of nitrogens with zero attached hydrogens (tertiary/aromatic N) is 6. The van der Waals surface area contributed by atoms with Gasteiger partial charge in [0.2, 0.25) is 5.91 Å². The van der Waals surface area contributed by atoms with Crippen LogP contribution < -0.4 is 10.1 Å². The number of carbonyl (C=O) groups excluding carboxylic acids is 1. The van der Waals surface area contributed by atoms with E-state index >= 15 is 0 Å². The zero-order valence-corrected chi connectivity index (χ0v) is 24.8. The summed E-state index contributed by atoms with van der Waals surface area (Å²) in [5.74, 6) is 0.726. The minimum Gasteiger partial charge on any atom is -0.492 e. The second-order valence-electron chi connectivity index (χ2n) is 11.3. The van der Waals surface area contributed by atoms with Gasteiger partial charge in [0.15, 0.2) is 5.82 Å². The van der Waals surface area contributed by atoms with Crippen LogP contribution in [0.2, 0.25) is 0 Å². The van der Waals surface area contributed by atoms with E-state index in [2.05, 4.69) is 35.5 Å². The molecule has 0 aliphatic heterocycles. The highest BCUT2D eigenvalue weighted by atomic mass is 19.1. The number of benzene rings is 1. The summed E-state index contributed by atoms with van der Waals surface area (Å²) in [6.07, 6.45) is 8.77. The predicted octanol–water partition coefficient (Wildman–Crippen LogP) is 5.69. The smallest absolute Gasteiger partial charge is 0.224 e. The quantitative estimate of drug-likeness (QED) is 0.184. The van der Waals surface area contributed by atoms with Gasteiger partial charge in [-0.05, 0) is 49.8 Å². The third-order valence-corrected chi connectivity index (χ3v) is 6.97. The first-order valence-electron chi connectivity index (χ1n) is 14.3. The van der Waals surface area contributed by atoms with E-state index in [1.807, 2.05) is 45.0 Å². The van der Waals surface area contributed by atoms with Crippen LogP contribution in [0.1, 0.15) is 20.3 Å². The second kappa shape index (κ2) is 12.2. The van der Waals surface area contributed by atoms with Gasteiger partial charge in [0.25, 0.3) is 0 Å². The number of amides is 1. The molecule has 3 N–H and O–H groups in total. The van der Waals surface area contributed by atoms with Crippen LogP contribution in [0.25, 0.3) is 55.8 Å². The Morgan fingerprint density at radius 1 is 1.00 bits per heavy atom. The molecular weight excluding hydrogens is 561 g/mol. The number of aromatic amines is 2. The molecule has 0 aliphatic carbocycles. The predicted molar refractivity (Wildman–Crippen MR) is 168 cm³/mol. The van der Waals surface area contributed by atoms with Crippen LogP contribution in [0.5, 0.6) is 5.75 Å². The molecule has 0 saturated carbocycles. The zero-order valence-electron chi connectivity index (χ0n) is 24.8. The van der Waals surface area contributed by atoms with Crippen molar-refractivity contribution in [2.24, 2.45) is 5.92 Å². The Balaban J connectivity index is 1.33. The molecule has 44 heavy (non-hydrogen) atoms. The highest BCUT2D eigenvalue weighted by Crippen LogP contribution is 2.34. The molecule has 12 heteroatoms. The second-order valence-corrected chi connectivity index (χ2v) is 11.3. The van der Waals surface area contributed by atoms with E-state index in [-0.39, 0.29) is 11.8 Å². The van der Waals surface area contributed by atoms with Crippen molar-refractivity contribution in [1.29, 1.82) is 0 Å². The molecule has 5 heterocycles. The first-order valence-corrected chi connectivity index (χ1v) is 14.3. The van der Waals surface area contributed by atoms with Crippen LogP contribution >= 0.6 is 0 Å². The number of anilines is 1. The number of carbonyl (C=O) groups is 1. The molecule has 0 unspecified atom stereocenters. The van der Waals surface area contributed by atoms with Crippen molar-refractivity contribution < 1.29 is 13.9 Å². The molecule has 6 aromatic rings. The van der Waals surface area contributed by atoms with Crippen LogP contribution in [0.3, 0.4) is 0 Å². The molecule has 11 nitrogen and oxygen atoms in total. The maximum absolute atomic E-state index is 14.6. The lowest BCUT2D eigenvalue weighted by Gasteiger charge is -2.12. The maximum Gasteiger partial charge on any atom is 0.224 e. The Labute approximate surface area is 252 Å². The third-order valence-electron chi connectivity index (χ3n) is 6.97. The van der Waals surface area contributed by atoms with Crippen molar-refractivity contribution in [3.05, 3.63) is 67.1 Å². The molecule has 224 valence electrons. The SMILES string of the molecule is CC(C)CC(=O)Nc1cncc(-c2cc3c(-c4nc5c(-c6cc(F)cc(OCCN(C)C)c6)cncc5[nH]4)n[nH]c3cn2)c1. The van der Waals surface area contributed by atoms with Gasteiger partial charge in [-0.15, -0.1) is 0 Å². The number of pyridine rings is 3. The minimum absolute atomic E-state index is 0.0652. The fourth-order valence-electron chi connectivity index (χ4n) is 4.89. The summed E-state index contributed by atoms with van der Waals surface area (Å²) in [6, 6.07) is 8.35. The largest absolute Gasteiger partial charge is 0.492 e. The van der Waals surface area contributed by atoms with Gasteiger partial charge >= 0.3 is 0 Å². The van der Waals surface area contributed by atoms with E-state index in [0.29, 0.717) is 70.4 Å². The maximum atomic E-state index is 14.6. The Morgan fingerprint density at radius 3 is 2.66 bits per heavy atom. The molecule has 0 fully saturated rings. The van der Waals surface area contributed by atoms with E-state index in [4.69, 9.17) is 9.72 Å². The molecule has 0 bridgehead atoms. The van der Waals surface area contributed by atoms with Crippen LogP contribution in [0.4, 0.5) is 10.1 Å². The number of likely N-dealkylation sites (N-methyl/N-ethyl adjacent to an activating group) is 1. The molecule has 0 atom stereocenters. The molecule has 6 rings (SSSR count). The summed E-state index contributed by atoms with van der Waals surface area (Å²) in [4.78, 5) is 35.7. The lowest BCUT2D eigenvalue weighted by molar-refractivity contribution is -0.116. The number of halogens is 1. The van der Waals surface area contributed by atoms with Crippen LogP contribution in [-0.2, 0) is 4.79 Å². The summed E-state index contributed by atoms with van der Waals surface area (Å²) in [5, 5.41) is 11.2. The van der Waals surface area contributed by atoms with Gasteiger partial charge in [0, 0.05) is 47.9 Å². The Bertz CT molecular complexity index is 1960. The molecule has 0 aliphatic rings. The Kier molecular flexibility index (Phi) is 7.99. The highest BCUT2D eigenvalue weighted by Gasteiger charge is 2.18. The van der Waals surface area contributed by atoms with Crippen LogP contribution in [-0.4, -0.2) is 73.2 Å². The van der Waals surface area contributed by atoms with Crippen molar-refractivity contribution >= 4 is 33.5 Å². The van der Waals surface area contributed by atoms with Gasteiger partial charge < -0.3 is 19.9 Å². The lowest BCUT2D eigenvalue weighted by Crippen LogP contribution is -2.19. The first kappa shape index (κ1) is 28.9. The minimum atomic E-state index is -0.411. The van der Waals surface area contributed by atoms with Crippen molar-refractivity contribution in [3.63, 3.8) is 0 Å². The van der Waals surface area contributed by atoms with E-state index in [0.717, 1.165) is 16.5 Å². The fraction of sp³-hybridized carbons (Fsp3) is 0.250. The first-order chi connectivity index (χ1) is 21.2. The lowest BCUT2D eigenvalue weighted by atomic mass is 10.1. The molecule has 0 radical (unpaired) electrons. The third kappa shape index (κ3) is 6.25. The standard InChI is InChI=1S/C32H32FN9O2/c1-18(2)7-29(43)37-22-9-20(13-34-14-22)26-12-24-27(17-36-26)40-41-31(24)32-38-28-16-35-15-25(30(28)39-32)19-8-21(33)11-23(10-19)44-6-5-42(3)4/h8-18H,5-7H2,1-4H3,(H,37,43)(H,38,39)(H,40,41). The number of hydrogen-bond donors (Lipinski definition) is 3. The number of nitrogens with one attached hydrogen (secondary N) is 3. The number of H-pyrrole nitrogens is 2. The van der Waals surface area contributed by atoms with Crippen molar-refractivity contribution in [1.82, 2.24) is 40.0 Å². The summed E-state index contributed by atoms with van der Waals surface area (Å²) >= 11 is 0. The molecule has 0 saturated heterocycles. The molecule has 1 amide bonds. The average Bonchev–Trinajstić information content (AvgIpc) is 3.60. The topological polar surface area (TPSA) is 138 Å². The molecule has 1 aromatic carbocycles. The van der Waals surface area contributed by atoms with Crippen molar-refractivity contribution in [3.8, 4) is 39.7 Å². The van der Waals surface area contributed by atoms with Crippen molar-refractivity contribution in [2.75, 3.05) is 32.6 Å². The number of fused-ring (bicyclic) bond motifs is 2. The van der Waals surface area contributed by atoms with E-state index < -0.39 is 5.82 Å². The van der Waals surface area contributed by atoms with Crippen LogP contribution in [0, 0.1) is 11.7 Å². The van der Waals surface area contributed by atoms with E-state index in [1.165, 1.54) is 12.1 Å². The van der Waals surface area contributed by atoms with Gasteiger partial charge in [0.1, 0.15) is 23.9 Å². The summed E-state index contributed by atoms with van der Waals surface area (Å²) in [6.45, 7) is 5.13.